The zero-order chi connectivity index (χ0) is 26.0. The summed E-state index contributed by atoms with van der Waals surface area (Å²) < 4.78 is 16.6. The topological polar surface area (TPSA) is 128 Å². The van der Waals surface area contributed by atoms with Crippen molar-refractivity contribution in [1.29, 1.82) is 0 Å². The molecule has 0 unspecified atom stereocenters. The molecule has 0 aliphatic rings. The summed E-state index contributed by atoms with van der Waals surface area (Å²) >= 11 is 0. The van der Waals surface area contributed by atoms with Crippen molar-refractivity contribution in [2.45, 2.75) is 19.9 Å². The largest absolute Gasteiger partial charge is 0.497 e. The SMILES string of the molecule is CCCOc1nc(NCc2ccc(OC)cc2)nc(Nc2ccc(Oc3ccc(C(=O)O)cc3)cc2)n1. The predicted octanol–water partition coefficient (Wildman–Crippen LogP) is 5.52. The Kier molecular flexibility index (Phi) is 8.33. The van der Waals surface area contributed by atoms with Gasteiger partial charge >= 0.3 is 12.0 Å². The van der Waals surface area contributed by atoms with E-state index in [2.05, 4.69) is 25.6 Å². The van der Waals surface area contributed by atoms with Gasteiger partial charge in [-0.1, -0.05) is 19.1 Å². The molecule has 0 amide bonds. The number of carboxylic acid groups (broad SMARTS) is 1. The van der Waals surface area contributed by atoms with Crippen LogP contribution < -0.4 is 24.8 Å². The van der Waals surface area contributed by atoms with Gasteiger partial charge in [0.15, 0.2) is 0 Å². The summed E-state index contributed by atoms with van der Waals surface area (Å²) in [5, 5.41) is 15.4. The number of hydrogen-bond donors (Lipinski definition) is 3. The van der Waals surface area contributed by atoms with Crippen LogP contribution in [0.5, 0.6) is 23.3 Å². The van der Waals surface area contributed by atoms with Crippen LogP contribution in [0.1, 0.15) is 29.3 Å². The number of carboxylic acids is 1. The summed E-state index contributed by atoms with van der Waals surface area (Å²) in [5.41, 5.74) is 1.98. The van der Waals surface area contributed by atoms with Crippen LogP contribution in [0.15, 0.2) is 72.8 Å². The molecule has 4 aromatic rings. The van der Waals surface area contributed by atoms with E-state index in [0.29, 0.717) is 36.5 Å². The fourth-order valence-corrected chi connectivity index (χ4v) is 3.21. The lowest BCUT2D eigenvalue weighted by atomic mass is 10.2. The molecule has 0 saturated heterocycles. The van der Waals surface area contributed by atoms with Crippen molar-refractivity contribution in [2.24, 2.45) is 0 Å². The molecule has 37 heavy (non-hydrogen) atoms. The quantitative estimate of drug-likeness (QED) is 0.228. The van der Waals surface area contributed by atoms with E-state index < -0.39 is 5.97 Å². The lowest BCUT2D eigenvalue weighted by Crippen LogP contribution is -2.10. The number of aromatic nitrogens is 3. The highest BCUT2D eigenvalue weighted by Gasteiger charge is 2.09. The molecule has 0 bridgehead atoms. The summed E-state index contributed by atoms with van der Waals surface area (Å²) in [6, 6.07) is 21.4. The molecular formula is C27H27N5O5. The summed E-state index contributed by atoms with van der Waals surface area (Å²) in [4.78, 5) is 24.2. The summed E-state index contributed by atoms with van der Waals surface area (Å²) in [7, 11) is 1.63. The number of anilines is 3. The maximum Gasteiger partial charge on any atom is 0.335 e. The minimum Gasteiger partial charge on any atom is -0.497 e. The molecule has 3 N–H and O–H groups in total. The highest BCUT2D eigenvalue weighted by Crippen LogP contribution is 2.25. The van der Waals surface area contributed by atoms with E-state index in [1.807, 2.05) is 43.3 Å². The number of methoxy groups -OCH3 is 1. The van der Waals surface area contributed by atoms with Crippen LogP contribution in [0.2, 0.25) is 0 Å². The molecule has 0 spiro atoms. The molecule has 0 fully saturated rings. The van der Waals surface area contributed by atoms with E-state index in [4.69, 9.17) is 19.3 Å². The minimum absolute atomic E-state index is 0.199. The van der Waals surface area contributed by atoms with Gasteiger partial charge in [0.1, 0.15) is 17.2 Å². The molecule has 10 heteroatoms. The van der Waals surface area contributed by atoms with Crippen LogP contribution in [0.25, 0.3) is 0 Å². The predicted molar refractivity (Wildman–Crippen MR) is 139 cm³/mol. The van der Waals surface area contributed by atoms with Gasteiger partial charge in [0.2, 0.25) is 11.9 Å². The molecule has 0 aliphatic carbocycles. The van der Waals surface area contributed by atoms with Crippen molar-refractivity contribution in [3.63, 3.8) is 0 Å². The van der Waals surface area contributed by atoms with Gasteiger partial charge in [0, 0.05) is 12.2 Å². The number of rotatable bonds is 12. The van der Waals surface area contributed by atoms with Gasteiger partial charge < -0.3 is 30.0 Å². The van der Waals surface area contributed by atoms with Gasteiger partial charge in [-0.25, -0.2) is 4.79 Å². The second kappa shape index (κ2) is 12.2. The smallest absolute Gasteiger partial charge is 0.335 e. The van der Waals surface area contributed by atoms with Crippen molar-refractivity contribution in [3.05, 3.63) is 83.9 Å². The normalized spacial score (nSPS) is 10.4. The number of hydrogen-bond acceptors (Lipinski definition) is 9. The summed E-state index contributed by atoms with van der Waals surface area (Å²) in [6.07, 6.45) is 0.823. The van der Waals surface area contributed by atoms with Crippen molar-refractivity contribution in [3.8, 4) is 23.3 Å². The first-order valence-corrected chi connectivity index (χ1v) is 11.7. The Hall–Kier alpha value is -4.86. The summed E-state index contributed by atoms with van der Waals surface area (Å²) in [6.45, 7) is 3.01. The second-order valence-electron chi connectivity index (χ2n) is 7.90. The fourth-order valence-electron chi connectivity index (χ4n) is 3.21. The minimum atomic E-state index is -0.984. The molecule has 10 nitrogen and oxygen atoms in total. The summed E-state index contributed by atoms with van der Waals surface area (Å²) in [5.74, 6) is 1.65. The van der Waals surface area contributed by atoms with Crippen molar-refractivity contribution >= 4 is 23.6 Å². The van der Waals surface area contributed by atoms with E-state index in [0.717, 1.165) is 23.4 Å². The zero-order valence-corrected chi connectivity index (χ0v) is 20.5. The number of aromatic carboxylic acids is 1. The maximum atomic E-state index is 11.0. The van der Waals surface area contributed by atoms with Gasteiger partial charge in [0.25, 0.3) is 0 Å². The van der Waals surface area contributed by atoms with Crippen molar-refractivity contribution in [2.75, 3.05) is 24.4 Å². The number of benzene rings is 3. The Morgan fingerprint density at radius 3 is 2.08 bits per heavy atom. The Bertz CT molecular complexity index is 1310. The van der Waals surface area contributed by atoms with E-state index in [1.54, 1.807) is 31.4 Å². The Morgan fingerprint density at radius 2 is 1.46 bits per heavy atom. The highest BCUT2D eigenvalue weighted by molar-refractivity contribution is 5.87. The number of ether oxygens (including phenoxy) is 3. The Labute approximate surface area is 214 Å². The van der Waals surface area contributed by atoms with Crippen LogP contribution in [0, 0.1) is 0 Å². The first kappa shape index (κ1) is 25.2. The number of carbonyl (C=O) groups is 1. The number of nitrogens with one attached hydrogen (secondary N) is 2. The lowest BCUT2D eigenvalue weighted by Gasteiger charge is -2.11. The van der Waals surface area contributed by atoms with E-state index >= 15 is 0 Å². The van der Waals surface area contributed by atoms with Gasteiger partial charge in [-0.3, -0.25) is 0 Å². The molecule has 1 aromatic heterocycles. The van der Waals surface area contributed by atoms with Crippen molar-refractivity contribution < 1.29 is 24.1 Å². The van der Waals surface area contributed by atoms with E-state index in [1.165, 1.54) is 12.1 Å². The Morgan fingerprint density at radius 1 is 0.838 bits per heavy atom. The molecule has 0 radical (unpaired) electrons. The second-order valence-corrected chi connectivity index (χ2v) is 7.90. The molecule has 0 aliphatic heterocycles. The highest BCUT2D eigenvalue weighted by atomic mass is 16.5. The Balaban J connectivity index is 1.43. The molecule has 3 aromatic carbocycles. The van der Waals surface area contributed by atoms with Gasteiger partial charge in [0.05, 0.1) is 19.3 Å². The van der Waals surface area contributed by atoms with Crippen LogP contribution in [-0.2, 0) is 6.54 Å². The van der Waals surface area contributed by atoms with Crippen molar-refractivity contribution in [1.82, 2.24) is 15.0 Å². The monoisotopic (exact) mass is 501 g/mol. The maximum absolute atomic E-state index is 11.0. The lowest BCUT2D eigenvalue weighted by molar-refractivity contribution is 0.0697. The molecule has 0 atom stereocenters. The van der Waals surface area contributed by atoms with Crippen LogP contribution >= 0.6 is 0 Å². The standard InChI is InChI=1S/C27H27N5O5/c1-3-16-36-27-31-25(28-17-18-4-10-21(35-2)11-5-18)30-26(32-27)29-20-8-14-23(15-9-20)37-22-12-6-19(7-13-22)24(33)34/h4-15H,3,16-17H2,1-2H3,(H,33,34)(H2,28,29,30,31,32). The third kappa shape index (κ3) is 7.31. The molecule has 190 valence electrons. The van der Waals surface area contributed by atoms with Gasteiger partial charge in [-0.15, -0.1) is 0 Å². The van der Waals surface area contributed by atoms with Gasteiger partial charge in [-0.05, 0) is 72.6 Å². The van der Waals surface area contributed by atoms with Gasteiger partial charge in [-0.2, -0.15) is 15.0 Å². The zero-order valence-electron chi connectivity index (χ0n) is 20.5. The molecule has 4 rings (SSSR count). The first-order chi connectivity index (χ1) is 18.0. The number of nitrogens with zero attached hydrogens (tertiary/aromatic N) is 3. The molecule has 0 saturated carbocycles. The van der Waals surface area contributed by atoms with Crippen LogP contribution in [0.4, 0.5) is 17.6 Å². The fraction of sp³-hybridized carbons (Fsp3) is 0.185. The van der Waals surface area contributed by atoms with Crippen LogP contribution in [-0.4, -0.2) is 39.7 Å². The average Bonchev–Trinajstić information content (AvgIpc) is 2.92. The first-order valence-electron chi connectivity index (χ1n) is 11.7. The molecule has 1 heterocycles. The third-order valence-electron chi connectivity index (χ3n) is 5.11. The third-order valence-corrected chi connectivity index (χ3v) is 5.11. The van der Waals surface area contributed by atoms with E-state index in [9.17, 15) is 4.79 Å². The molecular weight excluding hydrogens is 474 g/mol. The van der Waals surface area contributed by atoms with Crippen LogP contribution in [0.3, 0.4) is 0 Å². The average molecular weight is 502 g/mol. The van der Waals surface area contributed by atoms with E-state index in [-0.39, 0.29) is 11.6 Å².